The normalized spacial score (nSPS) is 20.5. The molecule has 0 bridgehead atoms. The Hall–Kier alpha value is -3.08. The van der Waals surface area contributed by atoms with Gasteiger partial charge in [0, 0.05) is 5.92 Å². The fraction of sp³-hybridized carbons (Fsp3) is 0.238. The van der Waals surface area contributed by atoms with Crippen molar-refractivity contribution in [2.75, 3.05) is 6.61 Å². The van der Waals surface area contributed by atoms with Gasteiger partial charge in [0.2, 0.25) is 0 Å². The number of carbonyl (C=O) groups excluding carboxylic acids is 1. The van der Waals surface area contributed by atoms with E-state index in [0.717, 1.165) is 11.1 Å². The molecular formula is C21H19NO4. The van der Waals surface area contributed by atoms with E-state index in [0.29, 0.717) is 6.42 Å². The van der Waals surface area contributed by atoms with Crippen LogP contribution >= 0.6 is 0 Å². The largest absolute Gasteiger partial charge is 0.481 e. The summed E-state index contributed by atoms with van der Waals surface area (Å²) < 4.78 is 5.45. The predicted molar refractivity (Wildman–Crippen MR) is 96.9 cm³/mol. The van der Waals surface area contributed by atoms with Gasteiger partial charge in [0.25, 0.3) is 0 Å². The number of benzene rings is 2. The molecule has 5 nitrogen and oxygen atoms in total. The van der Waals surface area contributed by atoms with Crippen molar-refractivity contribution in [1.82, 2.24) is 5.32 Å². The zero-order valence-electron chi connectivity index (χ0n) is 14.1. The first-order valence-electron chi connectivity index (χ1n) is 8.66. The smallest absolute Gasteiger partial charge is 0.407 e. The third-order valence-electron chi connectivity index (χ3n) is 5.11. The van der Waals surface area contributed by atoms with Gasteiger partial charge in [-0.3, -0.25) is 4.79 Å². The number of ether oxygens (including phenoxy) is 1. The molecule has 4 rings (SSSR count). The summed E-state index contributed by atoms with van der Waals surface area (Å²) in [6.07, 6.45) is 3.31. The first-order valence-corrected chi connectivity index (χ1v) is 8.66. The van der Waals surface area contributed by atoms with E-state index >= 15 is 0 Å². The molecule has 5 heteroatoms. The number of carboxylic acid groups (broad SMARTS) is 1. The molecule has 0 heterocycles. The Morgan fingerprint density at radius 3 is 2.27 bits per heavy atom. The van der Waals surface area contributed by atoms with Crippen LogP contribution in [0.25, 0.3) is 11.1 Å². The molecule has 2 atom stereocenters. The van der Waals surface area contributed by atoms with E-state index in [9.17, 15) is 14.7 Å². The third kappa shape index (κ3) is 2.86. The molecule has 2 N–H and O–H groups in total. The van der Waals surface area contributed by atoms with Crippen molar-refractivity contribution < 1.29 is 19.4 Å². The number of aliphatic carboxylic acids is 1. The molecule has 0 spiro atoms. The number of alkyl carbamates (subject to hydrolysis) is 1. The van der Waals surface area contributed by atoms with Crippen LogP contribution in [-0.4, -0.2) is 29.8 Å². The van der Waals surface area contributed by atoms with Crippen molar-refractivity contribution in [1.29, 1.82) is 0 Å². The fourth-order valence-electron chi connectivity index (χ4n) is 3.83. The topological polar surface area (TPSA) is 75.6 Å². The monoisotopic (exact) mass is 349 g/mol. The maximum Gasteiger partial charge on any atom is 0.407 e. The molecule has 2 aliphatic carbocycles. The number of carbonyl (C=O) groups is 2. The van der Waals surface area contributed by atoms with Crippen molar-refractivity contribution in [2.24, 2.45) is 5.92 Å². The Kier molecular flexibility index (Phi) is 4.21. The molecule has 2 aromatic rings. The van der Waals surface area contributed by atoms with E-state index in [4.69, 9.17) is 4.74 Å². The summed E-state index contributed by atoms with van der Waals surface area (Å²) in [4.78, 5) is 23.4. The van der Waals surface area contributed by atoms with Gasteiger partial charge in [-0.2, -0.15) is 0 Å². The van der Waals surface area contributed by atoms with Crippen LogP contribution in [0.2, 0.25) is 0 Å². The first kappa shape index (κ1) is 16.4. The standard InChI is InChI=1S/C21H19NO4/c23-20(24)17-10-5-11-19(17)22-21(25)26-12-18-15-8-3-1-6-13(15)14-7-2-4-9-16(14)18/h1-9,11,17-19H,10,12H2,(H,22,25)(H,23,24)/t17-,19+/m1/s1. The lowest BCUT2D eigenvalue weighted by atomic mass is 9.98. The molecule has 0 fully saturated rings. The molecule has 0 saturated carbocycles. The number of fused-ring (bicyclic) bond motifs is 3. The van der Waals surface area contributed by atoms with E-state index in [1.807, 2.05) is 24.3 Å². The summed E-state index contributed by atoms with van der Waals surface area (Å²) in [6.45, 7) is 0.216. The lowest BCUT2D eigenvalue weighted by Gasteiger charge is -2.18. The van der Waals surface area contributed by atoms with Gasteiger partial charge in [-0.15, -0.1) is 0 Å². The van der Waals surface area contributed by atoms with Gasteiger partial charge in [-0.25, -0.2) is 4.79 Å². The maximum absolute atomic E-state index is 12.2. The quantitative estimate of drug-likeness (QED) is 0.828. The van der Waals surface area contributed by atoms with Crippen LogP contribution in [0.1, 0.15) is 23.5 Å². The Morgan fingerprint density at radius 2 is 1.65 bits per heavy atom. The number of nitrogens with one attached hydrogen (secondary N) is 1. The molecule has 0 aromatic heterocycles. The van der Waals surface area contributed by atoms with Crippen LogP contribution in [0.3, 0.4) is 0 Å². The molecule has 26 heavy (non-hydrogen) atoms. The average molecular weight is 349 g/mol. The summed E-state index contributed by atoms with van der Waals surface area (Å²) in [5, 5.41) is 11.8. The predicted octanol–water partition coefficient (Wildman–Crippen LogP) is 3.55. The van der Waals surface area contributed by atoms with Crippen molar-refractivity contribution in [3.05, 3.63) is 71.8 Å². The molecule has 0 aliphatic heterocycles. The van der Waals surface area contributed by atoms with Crippen LogP contribution in [-0.2, 0) is 9.53 Å². The Balaban J connectivity index is 1.46. The molecule has 0 unspecified atom stereocenters. The van der Waals surface area contributed by atoms with Gasteiger partial charge in [-0.1, -0.05) is 60.7 Å². The van der Waals surface area contributed by atoms with Gasteiger partial charge >= 0.3 is 12.1 Å². The van der Waals surface area contributed by atoms with E-state index in [1.165, 1.54) is 11.1 Å². The fourth-order valence-corrected chi connectivity index (χ4v) is 3.83. The number of allylic oxidation sites excluding steroid dienone is 1. The summed E-state index contributed by atoms with van der Waals surface area (Å²) in [5.41, 5.74) is 4.62. The molecule has 0 radical (unpaired) electrons. The molecule has 132 valence electrons. The number of hydrogen-bond donors (Lipinski definition) is 2. The minimum absolute atomic E-state index is 0.0115. The lowest BCUT2D eigenvalue weighted by molar-refractivity contribution is -0.141. The summed E-state index contributed by atoms with van der Waals surface area (Å²) in [6, 6.07) is 15.7. The minimum atomic E-state index is -0.918. The lowest BCUT2D eigenvalue weighted by Crippen LogP contribution is -2.40. The molecule has 2 aromatic carbocycles. The highest BCUT2D eigenvalue weighted by Crippen LogP contribution is 2.44. The zero-order chi connectivity index (χ0) is 18.1. The Bertz CT molecular complexity index is 844. The van der Waals surface area contributed by atoms with Crippen LogP contribution in [0.15, 0.2) is 60.7 Å². The number of carboxylic acids is 1. The van der Waals surface area contributed by atoms with Crippen LogP contribution < -0.4 is 5.32 Å². The minimum Gasteiger partial charge on any atom is -0.481 e. The number of amides is 1. The Morgan fingerprint density at radius 1 is 1.04 bits per heavy atom. The summed E-state index contributed by atoms with van der Waals surface area (Å²) in [7, 11) is 0. The van der Waals surface area contributed by atoms with E-state index < -0.39 is 24.0 Å². The molecule has 0 saturated heterocycles. The molecular weight excluding hydrogens is 330 g/mol. The van der Waals surface area contributed by atoms with Gasteiger partial charge in [0.1, 0.15) is 6.61 Å². The summed E-state index contributed by atoms with van der Waals surface area (Å²) in [5.74, 6) is -1.56. The zero-order valence-corrected chi connectivity index (χ0v) is 14.1. The van der Waals surface area contributed by atoms with Crippen molar-refractivity contribution in [2.45, 2.75) is 18.4 Å². The van der Waals surface area contributed by atoms with Crippen LogP contribution in [0.5, 0.6) is 0 Å². The van der Waals surface area contributed by atoms with Gasteiger partial charge in [0.05, 0.1) is 12.0 Å². The highest BCUT2D eigenvalue weighted by molar-refractivity contribution is 5.79. The van der Waals surface area contributed by atoms with E-state index in [2.05, 4.69) is 29.6 Å². The van der Waals surface area contributed by atoms with E-state index in [-0.39, 0.29) is 12.5 Å². The first-order chi connectivity index (χ1) is 12.6. The second kappa shape index (κ2) is 6.67. The van der Waals surface area contributed by atoms with Gasteiger partial charge in [-0.05, 0) is 28.7 Å². The third-order valence-corrected chi connectivity index (χ3v) is 5.11. The van der Waals surface area contributed by atoms with Crippen molar-refractivity contribution in [3.63, 3.8) is 0 Å². The van der Waals surface area contributed by atoms with Crippen molar-refractivity contribution in [3.8, 4) is 11.1 Å². The highest BCUT2D eigenvalue weighted by Gasteiger charge is 2.32. The molecule has 2 aliphatic rings. The second-order valence-corrected chi connectivity index (χ2v) is 6.60. The van der Waals surface area contributed by atoms with Crippen LogP contribution in [0, 0.1) is 5.92 Å². The van der Waals surface area contributed by atoms with E-state index in [1.54, 1.807) is 12.2 Å². The highest BCUT2D eigenvalue weighted by atomic mass is 16.5. The number of rotatable bonds is 4. The second-order valence-electron chi connectivity index (χ2n) is 6.60. The average Bonchev–Trinajstić information content (AvgIpc) is 3.23. The van der Waals surface area contributed by atoms with Crippen LogP contribution in [0.4, 0.5) is 4.79 Å². The SMILES string of the molecule is O=C(N[C@H]1C=CC[C@H]1C(=O)O)OCC1c2ccccc2-c2ccccc21. The van der Waals surface area contributed by atoms with Crippen molar-refractivity contribution >= 4 is 12.1 Å². The number of hydrogen-bond acceptors (Lipinski definition) is 3. The maximum atomic E-state index is 12.2. The van der Waals surface area contributed by atoms with Gasteiger partial charge in [0.15, 0.2) is 0 Å². The summed E-state index contributed by atoms with van der Waals surface area (Å²) >= 11 is 0. The molecule has 1 amide bonds. The Labute approximate surface area is 151 Å². The van der Waals surface area contributed by atoms with Gasteiger partial charge < -0.3 is 15.2 Å².